The summed E-state index contributed by atoms with van der Waals surface area (Å²) in [5.74, 6) is 1.89. The molecule has 4 aromatic carbocycles. The number of aromatic nitrogens is 3. The summed E-state index contributed by atoms with van der Waals surface area (Å²) in [5.41, 5.74) is 6.47. The normalized spacial score (nSPS) is 11.6. The number of para-hydroxylation sites is 1. The fraction of sp³-hybridized carbons (Fsp3) is 0.135. The summed E-state index contributed by atoms with van der Waals surface area (Å²) in [6, 6.07) is 35.9. The van der Waals surface area contributed by atoms with Crippen LogP contribution in [0.1, 0.15) is 31.9 Å². The molecule has 0 aliphatic rings. The van der Waals surface area contributed by atoms with Crippen LogP contribution in [0.15, 0.2) is 103 Å². The Kier molecular flexibility index (Phi) is 7.31. The Hall–Kier alpha value is -4.47. The van der Waals surface area contributed by atoms with E-state index in [1.807, 2.05) is 61.7 Å². The number of phenolic OH excluding ortho intramolecular Hbond substituents is 1. The van der Waals surface area contributed by atoms with E-state index < -0.39 is 0 Å². The van der Waals surface area contributed by atoms with Gasteiger partial charge in [0.15, 0.2) is 0 Å². The average molecular weight is 744 g/mol. The number of aryl methyl sites for hydroxylation is 1. The van der Waals surface area contributed by atoms with Crippen molar-refractivity contribution in [2.45, 2.75) is 33.1 Å². The second kappa shape index (κ2) is 11.0. The zero-order valence-electron chi connectivity index (χ0n) is 24.3. The van der Waals surface area contributed by atoms with Gasteiger partial charge in [0.2, 0.25) is 5.88 Å². The number of hydrogen-bond donors (Lipinski definition) is 1. The largest absolute Gasteiger partial charge is 0.506 e. The molecule has 0 aliphatic heterocycles. The SMILES string of the molecule is Cc1cc(O)c2nc(Oc3[c-]c4c(cc3)c3ccccc3n4-c3ccc(-c4ccccc4)cn3)cc(C(C)(C)C)c2c1.[Pt]. The van der Waals surface area contributed by atoms with E-state index in [9.17, 15) is 5.11 Å². The van der Waals surface area contributed by atoms with E-state index in [1.54, 1.807) is 6.07 Å². The van der Waals surface area contributed by atoms with Crippen molar-refractivity contribution in [3.05, 3.63) is 120 Å². The topological polar surface area (TPSA) is 60.2 Å². The number of aromatic hydroxyl groups is 1. The summed E-state index contributed by atoms with van der Waals surface area (Å²) in [6.07, 6.45) is 1.91. The first-order valence-electron chi connectivity index (χ1n) is 14.1. The monoisotopic (exact) mass is 743 g/mol. The molecule has 0 amide bonds. The second-order valence-electron chi connectivity index (χ2n) is 11.7. The van der Waals surface area contributed by atoms with Gasteiger partial charge in [-0.15, -0.1) is 17.5 Å². The van der Waals surface area contributed by atoms with Gasteiger partial charge in [-0.1, -0.05) is 74.8 Å². The molecule has 0 radical (unpaired) electrons. The van der Waals surface area contributed by atoms with Gasteiger partial charge in [0.25, 0.3) is 0 Å². The molecule has 0 saturated carbocycles. The molecule has 0 fully saturated rings. The van der Waals surface area contributed by atoms with Crippen molar-refractivity contribution in [2.75, 3.05) is 0 Å². The number of fused-ring (bicyclic) bond motifs is 4. The molecule has 5 nitrogen and oxygen atoms in total. The smallest absolute Gasteiger partial charge is 0.217 e. The van der Waals surface area contributed by atoms with E-state index in [2.05, 4.69) is 73.9 Å². The van der Waals surface area contributed by atoms with Crippen molar-refractivity contribution in [3.8, 4) is 34.3 Å². The minimum atomic E-state index is -0.183. The van der Waals surface area contributed by atoms with E-state index in [0.717, 1.165) is 55.3 Å². The maximum Gasteiger partial charge on any atom is 0.217 e. The number of nitrogens with zero attached hydrogens (tertiary/aromatic N) is 3. The van der Waals surface area contributed by atoms with E-state index in [0.29, 0.717) is 17.1 Å². The number of hydrogen-bond acceptors (Lipinski definition) is 4. The molecule has 6 heteroatoms. The zero-order chi connectivity index (χ0) is 29.0. The molecule has 216 valence electrons. The predicted molar refractivity (Wildman–Crippen MR) is 170 cm³/mol. The third-order valence-electron chi connectivity index (χ3n) is 7.68. The quantitative estimate of drug-likeness (QED) is 0.183. The number of pyridine rings is 2. The van der Waals surface area contributed by atoms with Crippen LogP contribution in [0.3, 0.4) is 0 Å². The van der Waals surface area contributed by atoms with Gasteiger partial charge in [0.05, 0.1) is 0 Å². The Morgan fingerprint density at radius 3 is 2.30 bits per heavy atom. The van der Waals surface area contributed by atoms with Gasteiger partial charge in [-0.25, -0.2) is 9.97 Å². The molecule has 0 spiro atoms. The predicted octanol–water partition coefficient (Wildman–Crippen LogP) is 9.30. The summed E-state index contributed by atoms with van der Waals surface area (Å²) in [4.78, 5) is 9.58. The maximum atomic E-state index is 10.8. The molecule has 0 aliphatic carbocycles. The van der Waals surface area contributed by atoms with Gasteiger partial charge in [-0.05, 0) is 64.7 Å². The van der Waals surface area contributed by atoms with Gasteiger partial charge >= 0.3 is 0 Å². The van der Waals surface area contributed by atoms with Crippen LogP contribution in [-0.2, 0) is 26.5 Å². The zero-order valence-corrected chi connectivity index (χ0v) is 26.6. The van der Waals surface area contributed by atoms with Crippen LogP contribution in [0, 0.1) is 13.0 Å². The Balaban J connectivity index is 0.00000329. The molecule has 7 rings (SSSR count). The maximum absolute atomic E-state index is 10.8. The van der Waals surface area contributed by atoms with E-state index >= 15 is 0 Å². The summed E-state index contributed by atoms with van der Waals surface area (Å²) < 4.78 is 8.49. The van der Waals surface area contributed by atoms with Crippen LogP contribution in [0.5, 0.6) is 17.4 Å². The minimum Gasteiger partial charge on any atom is -0.506 e. The summed E-state index contributed by atoms with van der Waals surface area (Å²) >= 11 is 0. The number of ether oxygens (including phenoxy) is 1. The van der Waals surface area contributed by atoms with Crippen LogP contribution in [-0.4, -0.2) is 19.6 Å². The van der Waals surface area contributed by atoms with Gasteiger partial charge in [-0.3, -0.25) is 0 Å². The fourth-order valence-electron chi connectivity index (χ4n) is 5.70. The van der Waals surface area contributed by atoms with Crippen LogP contribution < -0.4 is 4.74 Å². The van der Waals surface area contributed by atoms with Gasteiger partial charge in [0, 0.05) is 55.5 Å². The fourth-order valence-corrected chi connectivity index (χ4v) is 5.70. The Morgan fingerprint density at radius 1 is 0.791 bits per heavy atom. The van der Waals surface area contributed by atoms with Crippen molar-refractivity contribution < 1.29 is 30.9 Å². The standard InChI is InChI=1S/C37H30N3O2.Pt/c1-23-18-29-30(37(2,3)4)21-35(39-36(29)33(41)19-23)42-26-15-16-28-27-12-8-9-13-31(27)40(32(28)20-26)34-17-14-25(22-38-34)24-10-6-5-7-11-24;/h5-19,21-22,41H,1-4H3;/q-1;. The van der Waals surface area contributed by atoms with Crippen molar-refractivity contribution in [1.29, 1.82) is 0 Å². The summed E-state index contributed by atoms with van der Waals surface area (Å²) in [5, 5.41) is 13.9. The minimum absolute atomic E-state index is 0. The van der Waals surface area contributed by atoms with Crippen molar-refractivity contribution in [3.63, 3.8) is 0 Å². The first-order chi connectivity index (χ1) is 20.3. The van der Waals surface area contributed by atoms with Gasteiger partial charge in [-0.2, -0.15) is 6.07 Å². The van der Waals surface area contributed by atoms with E-state index in [-0.39, 0.29) is 32.2 Å². The molecule has 3 heterocycles. The molecule has 0 atom stereocenters. The van der Waals surface area contributed by atoms with Crippen LogP contribution in [0.4, 0.5) is 0 Å². The molecule has 0 bridgehead atoms. The Morgan fingerprint density at radius 2 is 1.56 bits per heavy atom. The molecule has 0 saturated heterocycles. The van der Waals surface area contributed by atoms with Gasteiger partial charge in [0.1, 0.15) is 17.1 Å². The Bertz CT molecular complexity index is 2110. The third-order valence-corrected chi connectivity index (χ3v) is 7.68. The molecule has 1 N–H and O–H groups in total. The van der Waals surface area contributed by atoms with E-state index in [4.69, 9.17) is 14.7 Å². The van der Waals surface area contributed by atoms with Crippen LogP contribution >= 0.6 is 0 Å². The van der Waals surface area contributed by atoms with Crippen molar-refractivity contribution >= 4 is 32.7 Å². The number of phenols is 1. The van der Waals surface area contributed by atoms with Crippen LogP contribution in [0.2, 0.25) is 0 Å². The van der Waals surface area contributed by atoms with E-state index in [1.165, 1.54) is 0 Å². The number of rotatable bonds is 4. The first-order valence-corrected chi connectivity index (χ1v) is 14.1. The third kappa shape index (κ3) is 5.19. The van der Waals surface area contributed by atoms with Crippen molar-refractivity contribution in [2.24, 2.45) is 0 Å². The molecule has 3 aromatic heterocycles. The van der Waals surface area contributed by atoms with Gasteiger partial charge < -0.3 is 14.4 Å². The molecule has 43 heavy (non-hydrogen) atoms. The molecular formula is C37H30N3O2Pt-. The average Bonchev–Trinajstić information content (AvgIpc) is 3.31. The second-order valence-corrected chi connectivity index (χ2v) is 11.7. The van der Waals surface area contributed by atoms with Crippen LogP contribution in [0.25, 0.3) is 49.7 Å². The molecule has 7 aromatic rings. The molecule has 0 unspecified atom stereocenters. The summed E-state index contributed by atoms with van der Waals surface area (Å²) in [6.45, 7) is 8.43. The first kappa shape index (κ1) is 28.6. The number of benzene rings is 4. The summed E-state index contributed by atoms with van der Waals surface area (Å²) in [7, 11) is 0. The Labute approximate surface area is 265 Å². The molecular weight excluding hydrogens is 714 g/mol. The van der Waals surface area contributed by atoms with Crippen molar-refractivity contribution in [1.82, 2.24) is 14.5 Å².